The molecule has 1 aliphatic rings. The van der Waals surface area contributed by atoms with Crippen LogP contribution in [-0.4, -0.2) is 40.6 Å². The van der Waals surface area contributed by atoms with Gasteiger partial charge in [-0.2, -0.15) is 0 Å². The molecule has 5 nitrogen and oxygen atoms in total. The summed E-state index contributed by atoms with van der Waals surface area (Å²) in [5.74, 6) is 2.36. The highest BCUT2D eigenvalue weighted by Crippen LogP contribution is 2.26. The Morgan fingerprint density at radius 2 is 2.18 bits per heavy atom. The van der Waals surface area contributed by atoms with Crippen molar-refractivity contribution in [3.05, 3.63) is 11.6 Å². The molecule has 1 aromatic rings. The first-order chi connectivity index (χ1) is 8.15. The van der Waals surface area contributed by atoms with Crippen molar-refractivity contribution < 1.29 is 4.74 Å². The SMILES string of the molecule is CCNC1COCC1c1nnc(C)n1C(C)C. The number of rotatable bonds is 4. The lowest BCUT2D eigenvalue weighted by atomic mass is 10.0. The minimum atomic E-state index is 0.318. The van der Waals surface area contributed by atoms with Gasteiger partial charge in [0.25, 0.3) is 0 Å². The number of aromatic nitrogens is 3. The molecule has 0 saturated carbocycles. The molecule has 0 spiro atoms. The highest BCUT2D eigenvalue weighted by Gasteiger charge is 2.33. The van der Waals surface area contributed by atoms with Crippen molar-refractivity contribution in [1.82, 2.24) is 20.1 Å². The van der Waals surface area contributed by atoms with Crippen LogP contribution in [0.5, 0.6) is 0 Å². The molecule has 96 valence electrons. The van der Waals surface area contributed by atoms with Gasteiger partial charge in [-0.15, -0.1) is 10.2 Å². The Bertz CT molecular complexity index is 375. The van der Waals surface area contributed by atoms with Crippen molar-refractivity contribution in [2.75, 3.05) is 19.8 Å². The van der Waals surface area contributed by atoms with E-state index >= 15 is 0 Å². The molecule has 1 aromatic heterocycles. The number of hydrogen-bond acceptors (Lipinski definition) is 4. The van der Waals surface area contributed by atoms with Crippen molar-refractivity contribution in [1.29, 1.82) is 0 Å². The molecule has 0 bridgehead atoms. The second-order valence-electron chi connectivity index (χ2n) is 4.88. The van der Waals surface area contributed by atoms with Crippen LogP contribution in [-0.2, 0) is 4.74 Å². The molecule has 2 heterocycles. The van der Waals surface area contributed by atoms with E-state index in [0.717, 1.165) is 31.4 Å². The highest BCUT2D eigenvalue weighted by atomic mass is 16.5. The largest absolute Gasteiger partial charge is 0.379 e. The van der Waals surface area contributed by atoms with E-state index in [1.54, 1.807) is 0 Å². The summed E-state index contributed by atoms with van der Waals surface area (Å²) in [7, 11) is 0. The van der Waals surface area contributed by atoms with Gasteiger partial charge < -0.3 is 14.6 Å². The van der Waals surface area contributed by atoms with E-state index in [2.05, 4.69) is 40.9 Å². The van der Waals surface area contributed by atoms with Crippen LogP contribution in [0.3, 0.4) is 0 Å². The molecular weight excluding hydrogens is 216 g/mol. The molecule has 1 aliphatic heterocycles. The molecule has 2 rings (SSSR count). The fraction of sp³-hybridized carbons (Fsp3) is 0.833. The van der Waals surface area contributed by atoms with Crippen LogP contribution in [0, 0.1) is 6.92 Å². The van der Waals surface area contributed by atoms with Gasteiger partial charge in [0.05, 0.1) is 19.1 Å². The zero-order valence-corrected chi connectivity index (χ0v) is 11.1. The molecule has 2 atom stereocenters. The maximum absolute atomic E-state index is 5.58. The molecule has 0 radical (unpaired) electrons. The van der Waals surface area contributed by atoms with E-state index < -0.39 is 0 Å². The molecular formula is C12H22N4O. The Kier molecular flexibility index (Phi) is 3.79. The van der Waals surface area contributed by atoms with Gasteiger partial charge in [0.15, 0.2) is 0 Å². The Hall–Kier alpha value is -0.940. The van der Waals surface area contributed by atoms with E-state index in [4.69, 9.17) is 4.74 Å². The predicted octanol–water partition coefficient (Wildman–Crippen LogP) is 1.26. The third-order valence-electron chi connectivity index (χ3n) is 3.29. The zero-order chi connectivity index (χ0) is 12.4. The van der Waals surface area contributed by atoms with Crippen LogP contribution in [0.15, 0.2) is 0 Å². The Labute approximate surface area is 103 Å². The van der Waals surface area contributed by atoms with Gasteiger partial charge in [0.1, 0.15) is 11.6 Å². The lowest BCUT2D eigenvalue weighted by molar-refractivity contribution is 0.187. The summed E-state index contributed by atoms with van der Waals surface area (Å²) in [6, 6.07) is 0.754. The first kappa shape index (κ1) is 12.5. The van der Waals surface area contributed by atoms with Gasteiger partial charge in [0.2, 0.25) is 0 Å². The summed E-state index contributed by atoms with van der Waals surface area (Å²) in [4.78, 5) is 0. The van der Waals surface area contributed by atoms with Gasteiger partial charge in [-0.25, -0.2) is 0 Å². The van der Waals surface area contributed by atoms with Gasteiger partial charge in [-0.3, -0.25) is 0 Å². The number of nitrogens with one attached hydrogen (secondary N) is 1. The number of likely N-dealkylation sites (N-methyl/N-ethyl adjacent to an activating group) is 1. The van der Waals surface area contributed by atoms with Crippen LogP contribution in [0.2, 0.25) is 0 Å². The summed E-state index contributed by atoms with van der Waals surface area (Å²) in [6.07, 6.45) is 0. The Morgan fingerprint density at radius 1 is 1.41 bits per heavy atom. The van der Waals surface area contributed by atoms with Crippen LogP contribution in [0.4, 0.5) is 0 Å². The quantitative estimate of drug-likeness (QED) is 0.858. The van der Waals surface area contributed by atoms with Gasteiger partial charge in [-0.1, -0.05) is 6.92 Å². The summed E-state index contributed by atoms with van der Waals surface area (Å²) in [5.41, 5.74) is 0. The van der Waals surface area contributed by atoms with Crippen molar-refractivity contribution in [3.8, 4) is 0 Å². The summed E-state index contributed by atoms with van der Waals surface area (Å²) in [6.45, 7) is 10.9. The Balaban J connectivity index is 2.27. The van der Waals surface area contributed by atoms with Crippen molar-refractivity contribution in [2.45, 2.75) is 45.7 Å². The zero-order valence-electron chi connectivity index (χ0n) is 11.1. The molecule has 1 saturated heterocycles. The lowest BCUT2D eigenvalue weighted by Crippen LogP contribution is -2.35. The predicted molar refractivity (Wildman–Crippen MR) is 66.2 cm³/mol. The molecule has 2 unspecified atom stereocenters. The van der Waals surface area contributed by atoms with Crippen molar-refractivity contribution in [3.63, 3.8) is 0 Å². The highest BCUT2D eigenvalue weighted by molar-refractivity contribution is 5.08. The van der Waals surface area contributed by atoms with E-state index in [-0.39, 0.29) is 0 Å². The monoisotopic (exact) mass is 238 g/mol. The number of nitrogens with zero attached hydrogens (tertiary/aromatic N) is 3. The molecule has 17 heavy (non-hydrogen) atoms. The number of hydrogen-bond donors (Lipinski definition) is 1. The van der Waals surface area contributed by atoms with Gasteiger partial charge in [0, 0.05) is 12.1 Å². The molecule has 0 aliphatic carbocycles. The van der Waals surface area contributed by atoms with Crippen molar-refractivity contribution >= 4 is 0 Å². The van der Waals surface area contributed by atoms with Gasteiger partial charge in [-0.05, 0) is 27.3 Å². The van der Waals surface area contributed by atoms with Gasteiger partial charge >= 0.3 is 0 Å². The molecule has 5 heteroatoms. The number of aryl methyl sites for hydroxylation is 1. The van der Waals surface area contributed by atoms with E-state index in [1.807, 2.05) is 6.92 Å². The Morgan fingerprint density at radius 3 is 2.82 bits per heavy atom. The minimum absolute atomic E-state index is 0.318. The minimum Gasteiger partial charge on any atom is -0.379 e. The average Bonchev–Trinajstić information content (AvgIpc) is 2.84. The summed E-state index contributed by atoms with van der Waals surface area (Å²) < 4.78 is 7.79. The number of ether oxygens (including phenoxy) is 1. The first-order valence-corrected chi connectivity index (χ1v) is 6.37. The van der Waals surface area contributed by atoms with E-state index in [0.29, 0.717) is 18.0 Å². The fourth-order valence-corrected chi connectivity index (χ4v) is 2.55. The second kappa shape index (κ2) is 5.14. The van der Waals surface area contributed by atoms with Crippen LogP contribution in [0.1, 0.15) is 44.4 Å². The second-order valence-corrected chi connectivity index (χ2v) is 4.88. The smallest absolute Gasteiger partial charge is 0.140 e. The average molecular weight is 238 g/mol. The van der Waals surface area contributed by atoms with Crippen LogP contribution in [0.25, 0.3) is 0 Å². The maximum atomic E-state index is 5.58. The van der Waals surface area contributed by atoms with Crippen LogP contribution < -0.4 is 5.32 Å². The molecule has 1 fully saturated rings. The lowest BCUT2D eigenvalue weighted by Gasteiger charge is -2.20. The maximum Gasteiger partial charge on any atom is 0.140 e. The topological polar surface area (TPSA) is 52.0 Å². The molecule has 0 amide bonds. The normalized spacial score (nSPS) is 24.8. The third-order valence-corrected chi connectivity index (χ3v) is 3.29. The van der Waals surface area contributed by atoms with E-state index in [9.17, 15) is 0 Å². The van der Waals surface area contributed by atoms with Crippen molar-refractivity contribution in [2.24, 2.45) is 0 Å². The van der Waals surface area contributed by atoms with Crippen LogP contribution >= 0.6 is 0 Å². The molecule has 0 aromatic carbocycles. The summed E-state index contributed by atoms with van der Waals surface area (Å²) in [5, 5.41) is 12.0. The van der Waals surface area contributed by atoms with E-state index in [1.165, 1.54) is 0 Å². The molecule has 1 N–H and O–H groups in total. The standard InChI is InChI=1S/C12H22N4O/c1-5-13-11-7-17-6-10(11)12-15-14-9(4)16(12)8(2)3/h8,10-11,13H,5-7H2,1-4H3. The summed E-state index contributed by atoms with van der Waals surface area (Å²) >= 11 is 0. The third kappa shape index (κ3) is 2.35. The fourth-order valence-electron chi connectivity index (χ4n) is 2.55. The first-order valence-electron chi connectivity index (χ1n) is 6.37.